The number of hydrogen-bond acceptors (Lipinski definition) is 6. The first-order valence-corrected chi connectivity index (χ1v) is 10.7. The van der Waals surface area contributed by atoms with Crippen molar-refractivity contribution in [1.82, 2.24) is 24.7 Å². The highest BCUT2D eigenvalue weighted by molar-refractivity contribution is 5.90. The number of imidazole rings is 1. The molecule has 0 spiro atoms. The number of fused-ring (bicyclic) bond motifs is 1. The molecule has 0 unspecified atom stereocenters. The van der Waals surface area contributed by atoms with E-state index in [4.69, 9.17) is 10.5 Å². The summed E-state index contributed by atoms with van der Waals surface area (Å²) >= 11 is 0. The number of nitrogen functional groups attached to an aromatic ring is 1. The average molecular weight is 503 g/mol. The quantitative estimate of drug-likeness (QED) is 0.330. The molecule has 0 aliphatic carbocycles. The molecule has 0 aliphatic heterocycles. The fourth-order valence-electron chi connectivity index (χ4n) is 3.37. The Morgan fingerprint density at radius 2 is 1.92 bits per heavy atom. The minimum absolute atomic E-state index is 0.194. The number of aromatic nitrogens is 4. The van der Waals surface area contributed by atoms with Gasteiger partial charge in [0.25, 0.3) is 0 Å². The van der Waals surface area contributed by atoms with Gasteiger partial charge in [-0.15, -0.1) is 0 Å². The monoisotopic (exact) mass is 503 g/mol. The number of benzene rings is 1. The van der Waals surface area contributed by atoms with Gasteiger partial charge in [-0.1, -0.05) is 0 Å². The van der Waals surface area contributed by atoms with Crippen molar-refractivity contribution in [3.05, 3.63) is 54.7 Å². The fourth-order valence-corrected chi connectivity index (χ4v) is 3.37. The lowest BCUT2D eigenvalue weighted by Gasteiger charge is -2.15. The molecule has 3 heterocycles. The van der Waals surface area contributed by atoms with Gasteiger partial charge in [-0.05, 0) is 38.1 Å². The number of ether oxygens (including phenoxy) is 1. The Hall–Kier alpha value is -4.42. The molecule has 0 aliphatic rings. The second-order valence-corrected chi connectivity index (χ2v) is 8.05. The van der Waals surface area contributed by atoms with Gasteiger partial charge in [0, 0.05) is 29.1 Å². The van der Waals surface area contributed by atoms with Gasteiger partial charge in [0.2, 0.25) is 0 Å². The zero-order valence-corrected chi connectivity index (χ0v) is 19.1. The molecule has 0 radical (unpaired) electrons. The molecule has 36 heavy (non-hydrogen) atoms. The second kappa shape index (κ2) is 9.68. The summed E-state index contributed by atoms with van der Waals surface area (Å²) in [6, 6.07) is 7.19. The smallest absolute Gasteiger partial charge is 0.405 e. The Kier molecular flexibility index (Phi) is 6.64. The maximum atomic E-state index is 13.4. The van der Waals surface area contributed by atoms with Crippen molar-refractivity contribution in [2.24, 2.45) is 0 Å². The van der Waals surface area contributed by atoms with Crippen molar-refractivity contribution in [3.63, 3.8) is 0 Å². The van der Waals surface area contributed by atoms with E-state index in [2.05, 4.69) is 20.3 Å². The molecule has 0 bridgehead atoms. The van der Waals surface area contributed by atoms with Crippen LogP contribution in [0.5, 0.6) is 5.75 Å². The molecule has 3 aromatic heterocycles. The summed E-state index contributed by atoms with van der Waals surface area (Å²) in [6.45, 7) is 2.17. The van der Waals surface area contributed by atoms with E-state index >= 15 is 0 Å². The first kappa shape index (κ1) is 24.7. The Morgan fingerprint density at radius 1 is 1.14 bits per heavy atom. The van der Waals surface area contributed by atoms with Crippen LogP contribution in [-0.2, 0) is 0 Å². The van der Waals surface area contributed by atoms with Gasteiger partial charge in [0.1, 0.15) is 17.9 Å². The highest BCUT2D eigenvalue weighted by Gasteiger charge is 2.27. The van der Waals surface area contributed by atoms with Crippen LogP contribution < -0.4 is 21.1 Å². The molecule has 1 aromatic carbocycles. The van der Waals surface area contributed by atoms with E-state index in [0.29, 0.717) is 28.2 Å². The van der Waals surface area contributed by atoms with Gasteiger partial charge in [-0.2, -0.15) is 13.2 Å². The summed E-state index contributed by atoms with van der Waals surface area (Å²) in [6.07, 6.45) is -0.459. The van der Waals surface area contributed by atoms with E-state index in [9.17, 15) is 22.4 Å². The number of nitrogens with zero attached hydrogens (tertiary/aromatic N) is 4. The van der Waals surface area contributed by atoms with Gasteiger partial charge in [-0.25, -0.2) is 24.1 Å². The Bertz CT molecular complexity index is 1420. The summed E-state index contributed by atoms with van der Waals surface area (Å²) < 4.78 is 58.2. The molecule has 2 amide bonds. The Labute approximate surface area is 202 Å². The number of hydrogen-bond donors (Lipinski definition) is 3. The number of nitrogens with one attached hydrogen (secondary N) is 2. The van der Waals surface area contributed by atoms with Crippen molar-refractivity contribution in [1.29, 1.82) is 0 Å². The van der Waals surface area contributed by atoms with Crippen molar-refractivity contribution >= 4 is 23.2 Å². The highest BCUT2D eigenvalue weighted by atomic mass is 19.4. The number of carbonyl (C=O) groups excluding carboxylic acids is 1. The topological polar surface area (TPSA) is 119 Å². The standard InChI is InChI=1S/C23H21F4N7O2/c1-12(2)36-16-6-14(5-15(8-16)32-22(35)31-11-23(25,26)27)18-10-29-19-7-13(3-4-34(18)19)21-30-9-17(24)20(28)33-21/h3-10,12H,11H2,1-2H3,(H2,28,30,33)(H2,31,32,35). The SMILES string of the molecule is CC(C)Oc1cc(NC(=O)NCC(F)(F)F)cc(-c2cnc3cc(-c4ncc(F)c(N)n4)ccn23)c1. The van der Waals surface area contributed by atoms with Crippen LogP contribution in [0.4, 0.5) is 33.9 Å². The molecule has 0 saturated heterocycles. The van der Waals surface area contributed by atoms with Gasteiger partial charge >= 0.3 is 12.2 Å². The lowest BCUT2D eigenvalue weighted by molar-refractivity contribution is -0.122. The van der Waals surface area contributed by atoms with Gasteiger partial charge in [-0.3, -0.25) is 4.40 Å². The Balaban J connectivity index is 1.68. The third kappa shape index (κ3) is 5.79. The van der Waals surface area contributed by atoms with Crippen LogP contribution in [0.25, 0.3) is 28.3 Å². The molecule has 0 saturated carbocycles. The summed E-state index contributed by atoms with van der Waals surface area (Å²) in [7, 11) is 0. The molecular weight excluding hydrogens is 482 g/mol. The molecule has 13 heteroatoms. The summed E-state index contributed by atoms with van der Waals surface area (Å²) in [5, 5.41) is 4.17. The molecule has 188 valence electrons. The number of amides is 2. The van der Waals surface area contributed by atoms with E-state index in [-0.39, 0.29) is 23.4 Å². The van der Waals surface area contributed by atoms with Crippen LogP contribution in [0.2, 0.25) is 0 Å². The maximum Gasteiger partial charge on any atom is 0.405 e. The number of nitrogens with two attached hydrogens (primary N) is 1. The van der Waals surface area contributed by atoms with E-state index in [1.165, 1.54) is 6.07 Å². The number of rotatable bonds is 6. The highest BCUT2D eigenvalue weighted by Crippen LogP contribution is 2.31. The van der Waals surface area contributed by atoms with Crippen LogP contribution >= 0.6 is 0 Å². The van der Waals surface area contributed by atoms with Crippen LogP contribution in [0.1, 0.15) is 13.8 Å². The second-order valence-electron chi connectivity index (χ2n) is 8.05. The predicted molar refractivity (Wildman–Crippen MR) is 125 cm³/mol. The zero-order valence-electron chi connectivity index (χ0n) is 19.1. The van der Waals surface area contributed by atoms with Gasteiger partial charge in [0.15, 0.2) is 17.5 Å². The Morgan fingerprint density at radius 3 is 2.61 bits per heavy atom. The van der Waals surface area contributed by atoms with Crippen LogP contribution in [0.3, 0.4) is 0 Å². The lowest BCUT2D eigenvalue weighted by atomic mass is 10.1. The van der Waals surface area contributed by atoms with Crippen LogP contribution in [0.15, 0.2) is 48.9 Å². The third-order valence-electron chi connectivity index (χ3n) is 4.82. The number of halogens is 4. The number of anilines is 2. The van der Waals surface area contributed by atoms with E-state index in [0.717, 1.165) is 6.20 Å². The van der Waals surface area contributed by atoms with Crippen molar-refractivity contribution in [2.45, 2.75) is 26.1 Å². The minimum atomic E-state index is -4.54. The van der Waals surface area contributed by atoms with E-state index in [1.807, 2.05) is 13.8 Å². The lowest BCUT2D eigenvalue weighted by Crippen LogP contribution is -2.36. The maximum absolute atomic E-state index is 13.4. The molecule has 4 N–H and O–H groups in total. The normalized spacial score (nSPS) is 11.6. The largest absolute Gasteiger partial charge is 0.491 e. The predicted octanol–water partition coefficient (Wildman–Crippen LogP) is 4.65. The first-order valence-electron chi connectivity index (χ1n) is 10.7. The fraction of sp³-hybridized carbons (Fsp3) is 0.217. The molecule has 0 fully saturated rings. The molecule has 4 aromatic rings. The minimum Gasteiger partial charge on any atom is -0.491 e. The van der Waals surface area contributed by atoms with E-state index in [1.54, 1.807) is 46.4 Å². The molecule has 4 rings (SSSR count). The van der Waals surface area contributed by atoms with Crippen molar-refractivity contribution < 1.29 is 27.1 Å². The number of carbonyl (C=O) groups is 1. The van der Waals surface area contributed by atoms with Gasteiger partial charge < -0.3 is 21.1 Å². The van der Waals surface area contributed by atoms with Crippen LogP contribution in [0, 0.1) is 5.82 Å². The summed E-state index contributed by atoms with van der Waals surface area (Å²) in [5.74, 6) is -0.367. The molecule has 9 nitrogen and oxygen atoms in total. The number of urea groups is 1. The molecular formula is C23H21F4N7O2. The number of alkyl halides is 3. The first-order chi connectivity index (χ1) is 17.0. The average Bonchev–Trinajstić information content (AvgIpc) is 3.22. The van der Waals surface area contributed by atoms with Crippen LogP contribution in [-0.4, -0.2) is 44.2 Å². The van der Waals surface area contributed by atoms with Crippen molar-refractivity contribution in [3.8, 4) is 28.4 Å². The third-order valence-corrected chi connectivity index (χ3v) is 4.82. The summed E-state index contributed by atoms with van der Waals surface area (Å²) in [4.78, 5) is 24.3. The van der Waals surface area contributed by atoms with Crippen molar-refractivity contribution in [2.75, 3.05) is 17.6 Å². The number of pyridine rings is 1. The van der Waals surface area contributed by atoms with E-state index < -0.39 is 24.6 Å². The zero-order chi connectivity index (χ0) is 26.0. The van der Waals surface area contributed by atoms with Gasteiger partial charge in [0.05, 0.1) is 24.2 Å². The molecule has 0 atom stereocenters. The summed E-state index contributed by atoms with van der Waals surface area (Å²) in [5.41, 5.74) is 8.04.